The Bertz CT molecular complexity index is 970. The number of carbonyl (C=O) groups excluding carboxylic acids is 1. The van der Waals surface area contributed by atoms with Gasteiger partial charge >= 0.3 is 5.97 Å². The van der Waals surface area contributed by atoms with Gasteiger partial charge in [-0.3, -0.25) is 0 Å². The molecule has 0 unspecified atom stereocenters. The summed E-state index contributed by atoms with van der Waals surface area (Å²) in [5.74, 6) is 0.697. The van der Waals surface area contributed by atoms with Gasteiger partial charge < -0.3 is 29.6 Å². The lowest BCUT2D eigenvalue weighted by Gasteiger charge is -2.14. The van der Waals surface area contributed by atoms with Crippen molar-refractivity contribution in [3.8, 4) is 5.88 Å². The predicted molar refractivity (Wildman–Crippen MR) is 134 cm³/mol. The smallest absolute Gasteiger partial charge is 0.338 e. The molecule has 0 bridgehead atoms. The molecule has 2 rings (SSSR count). The van der Waals surface area contributed by atoms with Crippen molar-refractivity contribution in [1.82, 2.24) is 9.97 Å². The molecule has 35 heavy (non-hydrogen) atoms. The van der Waals surface area contributed by atoms with Gasteiger partial charge in [0, 0.05) is 26.3 Å². The van der Waals surface area contributed by atoms with Crippen LogP contribution in [0.2, 0.25) is 0 Å². The van der Waals surface area contributed by atoms with Gasteiger partial charge in [0.2, 0.25) is 11.8 Å². The number of azo groups is 1. The minimum atomic E-state index is -0.414. The summed E-state index contributed by atoms with van der Waals surface area (Å²) in [5, 5.41) is 15.2. The summed E-state index contributed by atoms with van der Waals surface area (Å²) in [5.41, 5.74) is 2.12. The van der Waals surface area contributed by atoms with E-state index < -0.39 is 5.97 Å². The van der Waals surface area contributed by atoms with Gasteiger partial charge in [0.15, 0.2) is 11.5 Å². The van der Waals surface area contributed by atoms with Gasteiger partial charge in [0.25, 0.3) is 0 Å². The molecule has 2 aromatic rings. The number of aryl methyl sites for hydroxylation is 1. The van der Waals surface area contributed by atoms with Gasteiger partial charge in [-0.25, -0.2) is 4.79 Å². The molecule has 0 saturated carbocycles. The molecule has 1 aromatic heterocycles. The van der Waals surface area contributed by atoms with Crippen LogP contribution in [0.1, 0.15) is 43.6 Å². The number of benzene rings is 1. The molecule has 0 atom stereocenters. The molecule has 2 N–H and O–H groups in total. The molecule has 0 fully saturated rings. The van der Waals surface area contributed by atoms with Crippen LogP contribution in [0.5, 0.6) is 5.88 Å². The van der Waals surface area contributed by atoms with E-state index in [-0.39, 0.29) is 5.88 Å². The summed E-state index contributed by atoms with van der Waals surface area (Å²) in [6, 6.07) is 5.14. The predicted octanol–water partition coefficient (Wildman–Crippen LogP) is 4.67. The number of nitrogens with zero attached hydrogens (tertiary/aromatic N) is 4. The molecule has 192 valence electrons. The number of anilines is 2. The van der Waals surface area contributed by atoms with E-state index in [9.17, 15) is 4.79 Å². The first-order valence-electron chi connectivity index (χ1n) is 11.9. The highest BCUT2D eigenvalue weighted by molar-refractivity contribution is 5.90. The largest absolute Gasteiger partial charge is 0.476 e. The van der Waals surface area contributed by atoms with Crippen LogP contribution in [0, 0.1) is 6.92 Å². The van der Waals surface area contributed by atoms with E-state index in [0.717, 1.165) is 5.56 Å². The van der Waals surface area contributed by atoms with Crippen LogP contribution < -0.4 is 15.4 Å². The van der Waals surface area contributed by atoms with Gasteiger partial charge in [-0.1, -0.05) is 6.07 Å². The van der Waals surface area contributed by atoms with Gasteiger partial charge in [-0.15, -0.1) is 10.2 Å². The fourth-order valence-corrected chi connectivity index (χ4v) is 2.89. The third-order valence-electron chi connectivity index (χ3n) is 4.59. The summed E-state index contributed by atoms with van der Waals surface area (Å²) < 4.78 is 21.7. The molecule has 1 heterocycles. The molecule has 0 radical (unpaired) electrons. The second-order valence-electron chi connectivity index (χ2n) is 7.15. The molecule has 0 aliphatic rings. The maximum Gasteiger partial charge on any atom is 0.338 e. The van der Waals surface area contributed by atoms with Gasteiger partial charge in [0.05, 0.1) is 37.7 Å². The van der Waals surface area contributed by atoms with Crippen LogP contribution in [0.15, 0.2) is 28.4 Å². The molecule has 1 aromatic carbocycles. The van der Waals surface area contributed by atoms with Crippen LogP contribution in [0.25, 0.3) is 0 Å². The molecule has 0 saturated heterocycles. The van der Waals surface area contributed by atoms with E-state index in [1.807, 2.05) is 27.7 Å². The number of ether oxygens (including phenoxy) is 4. The second kappa shape index (κ2) is 15.6. The Kier molecular flexibility index (Phi) is 12.4. The molecular weight excluding hydrogens is 452 g/mol. The van der Waals surface area contributed by atoms with Crippen molar-refractivity contribution in [2.45, 2.75) is 34.6 Å². The summed E-state index contributed by atoms with van der Waals surface area (Å²) >= 11 is 0. The summed E-state index contributed by atoms with van der Waals surface area (Å²) in [6.45, 7) is 13.4. The maximum atomic E-state index is 12.1. The van der Waals surface area contributed by atoms with E-state index in [4.69, 9.17) is 18.9 Å². The fourth-order valence-electron chi connectivity index (χ4n) is 2.89. The summed E-state index contributed by atoms with van der Waals surface area (Å²) in [6.07, 6.45) is 0. The number of carbonyl (C=O) groups is 1. The lowest BCUT2D eigenvalue weighted by Crippen LogP contribution is -2.15. The first-order valence-corrected chi connectivity index (χ1v) is 11.9. The van der Waals surface area contributed by atoms with Crippen LogP contribution in [0.4, 0.5) is 23.1 Å². The monoisotopic (exact) mass is 488 g/mol. The Labute approximate surface area is 206 Å². The first-order chi connectivity index (χ1) is 17.0. The molecular formula is C24H36N6O5. The zero-order valence-corrected chi connectivity index (χ0v) is 21.2. The first kappa shape index (κ1) is 27.9. The van der Waals surface area contributed by atoms with Crippen LogP contribution in [-0.4, -0.2) is 68.7 Å². The van der Waals surface area contributed by atoms with Crippen molar-refractivity contribution in [2.24, 2.45) is 10.2 Å². The third-order valence-corrected chi connectivity index (χ3v) is 4.59. The molecule has 11 nitrogen and oxygen atoms in total. The lowest BCUT2D eigenvalue weighted by atomic mass is 10.1. The zero-order valence-electron chi connectivity index (χ0n) is 21.2. The van der Waals surface area contributed by atoms with Gasteiger partial charge in [0.1, 0.15) is 0 Å². The SMILES string of the molecule is CCOCCNc1nc(NCCOCC)c(N=Nc2cc(C(=O)OCC)ccc2C)c(OCC)n1. The van der Waals surface area contributed by atoms with Crippen molar-refractivity contribution in [2.75, 3.05) is 63.4 Å². The highest BCUT2D eigenvalue weighted by Crippen LogP contribution is 2.36. The van der Waals surface area contributed by atoms with Crippen molar-refractivity contribution in [1.29, 1.82) is 0 Å². The third kappa shape index (κ3) is 9.10. The van der Waals surface area contributed by atoms with E-state index in [2.05, 4.69) is 30.8 Å². The maximum absolute atomic E-state index is 12.1. The number of hydrogen-bond acceptors (Lipinski definition) is 11. The van der Waals surface area contributed by atoms with Crippen LogP contribution >= 0.6 is 0 Å². The molecule has 11 heteroatoms. The van der Waals surface area contributed by atoms with E-state index in [0.29, 0.717) is 81.4 Å². The Balaban J connectivity index is 2.40. The Morgan fingerprint density at radius 1 is 0.914 bits per heavy atom. The summed E-state index contributed by atoms with van der Waals surface area (Å²) in [7, 11) is 0. The highest BCUT2D eigenvalue weighted by atomic mass is 16.5. The second-order valence-corrected chi connectivity index (χ2v) is 7.15. The van der Waals surface area contributed by atoms with Crippen molar-refractivity contribution in [3.05, 3.63) is 29.3 Å². The van der Waals surface area contributed by atoms with Crippen molar-refractivity contribution < 1.29 is 23.7 Å². The topological polar surface area (TPSA) is 129 Å². The average Bonchev–Trinajstić information content (AvgIpc) is 2.85. The Morgan fingerprint density at radius 2 is 1.63 bits per heavy atom. The van der Waals surface area contributed by atoms with Gasteiger partial charge in [-0.2, -0.15) is 9.97 Å². The molecule has 0 aliphatic heterocycles. The molecule has 0 amide bonds. The Hall–Kier alpha value is -3.31. The zero-order chi connectivity index (χ0) is 25.5. The molecule has 0 spiro atoms. The minimum Gasteiger partial charge on any atom is -0.476 e. The number of esters is 1. The van der Waals surface area contributed by atoms with E-state index >= 15 is 0 Å². The average molecular weight is 489 g/mol. The van der Waals surface area contributed by atoms with Crippen LogP contribution in [-0.2, 0) is 14.2 Å². The highest BCUT2D eigenvalue weighted by Gasteiger charge is 2.17. The van der Waals surface area contributed by atoms with Crippen molar-refractivity contribution >= 4 is 29.1 Å². The standard InChI is InChI=1S/C24H36N6O5/c1-6-32-14-12-25-21-20(22(34-8-3)28-24(27-21)26-13-15-33-7-2)30-29-19-16-18(11-10-17(19)5)23(31)35-9-4/h10-11,16H,6-9,12-15H2,1-5H3,(H2,25,26,27,28). The number of rotatable bonds is 16. The van der Waals surface area contributed by atoms with Gasteiger partial charge in [-0.05, 0) is 52.3 Å². The lowest BCUT2D eigenvalue weighted by molar-refractivity contribution is 0.0526. The quantitative estimate of drug-likeness (QED) is 0.197. The van der Waals surface area contributed by atoms with Crippen LogP contribution in [0.3, 0.4) is 0 Å². The number of nitrogens with one attached hydrogen (secondary N) is 2. The number of hydrogen-bond donors (Lipinski definition) is 2. The summed E-state index contributed by atoms with van der Waals surface area (Å²) in [4.78, 5) is 21.2. The fraction of sp³-hybridized carbons (Fsp3) is 0.542. The van der Waals surface area contributed by atoms with E-state index in [1.54, 1.807) is 25.1 Å². The normalized spacial score (nSPS) is 11.0. The Morgan fingerprint density at radius 3 is 2.29 bits per heavy atom. The minimum absolute atomic E-state index is 0.281. The van der Waals surface area contributed by atoms with E-state index in [1.165, 1.54) is 0 Å². The number of aromatic nitrogens is 2. The molecule has 0 aliphatic carbocycles. The van der Waals surface area contributed by atoms with Crippen molar-refractivity contribution in [3.63, 3.8) is 0 Å².